The molecule has 1 amide bonds. The largest absolute Gasteiger partial charge is 0.438 e. The first kappa shape index (κ1) is 23.7. The number of amides is 1. The maximum Gasteiger partial charge on any atom is 0.411 e. The molecule has 2 heterocycles. The molecule has 2 atom stereocenters. The van der Waals surface area contributed by atoms with E-state index in [1.54, 1.807) is 32.0 Å². The molecule has 1 aromatic heterocycles. The van der Waals surface area contributed by atoms with Crippen molar-refractivity contribution in [1.29, 1.82) is 0 Å². The van der Waals surface area contributed by atoms with E-state index in [1.165, 1.54) is 10.8 Å². The second-order valence-electron chi connectivity index (χ2n) is 9.68. The van der Waals surface area contributed by atoms with Gasteiger partial charge in [0.1, 0.15) is 5.60 Å². The molecule has 1 N–H and O–H groups in total. The van der Waals surface area contributed by atoms with E-state index in [4.69, 9.17) is 4.74 Å². The zero-order valence-electron chi connectivity index (χ0n) is 20.1. The van der Waals surface area contributed by atoms with Gasteiger partial charge in [-0.05, 0) is 31.9 Å². The van der Waals surface area contributed by atoms with Crippen LogP contribution in [-0.4, -0.2) is 37.8 Å². The summed E-state index contributed by atoms with van der Waals surface area (Å²) in [4.78, 5) is 30.8. The highest BCUT2D eigenvalue weighted by atomic mass is 16.6. The number of aliphatic hydroxyl groups is 1. The fourth-order valence-corrected chi connectivity index (χ4v) is 4.65. The summed E-state index contributed by atoms with van der Waals surface area (Å²) in [6.45, 7) is 5.96. The van der Waals surface area contributed by atoms with Crippen molar-refractivity contribution >= 4 is 6.09 Å². The summed E-state index contributed by atoms with van der Waals surface area (Å²) in [5, 5.41) is 10.6. The van der Waals surface area contributed by atoms with Crippen molar-refractivity contribution < 1.29 is 14.6 Å². The van der Waals surface area contributed by atoms with Crippen molar-refractivity contribution in [1.82, 2.24) is 14.5 Å². The Kier molecular flexibility index (Phi) is 6.32. The van der Waals surface area contributed by atoms with Crippen LogP contribution in [0.15, 0.2) is 71.8 Å². The van der Waals surface area contributed by atoms with Crippen LogP contribution in [0, 0.1) is 0 Å². The molecule has 0 spiro atoms. The number of carbonyl (C=O) groups excluding carboxylic acids is 1. The third-order valence-corrected chi connectivity index (χ3v) is 6.43. The van der Waals surface area contributed by atoms with Gasteiger partial charge in [0.05, 0.1) is 23.5 Å². The van der Waals surface area contributed by atoms with Gasteiger partial charge >= 0.3 is 6.09 Å². The fraction of sp³-hybridized carbons (Fsp3) is 0.370. The Bertz CT molecular complexity index is 1220. The lowest BCUT2D eigenvalue weighted by molar-refractivity contribution is -0.101. The Balaban J connectivity index is 1.54. The van der Waals surface area contributed by atoms with Gasteiger partial charge in [-0.1, -0.05) is 54.6 Å². The number of aryl methyl sites for hydroxylation is 1. The molecule has 7 heteroatoms. The van der Waals surface area contributed by atoms with E-state index in [-0.39, 0.29) is 11.6 Å². The lowest BCUT2D eigenvalue weighted by Crippen LogP contribution is -2.51. The highest BCUT2D eigenvalue weighted by molar-refractivity contribution is 5.70. The van der Waals surface area contributed by atoms with Crippen LogP contribution in [0.3, 0.4) is 0 Å². The van der Waals surface area contributed by atoms with Crippen molar-refractivity contribution in [2.45, 2.75) is 50.9 Å². The maximum absolute atomic E-state index is 13.2. The fourth-order valence-electron chi connectivity index (χ4n) is 4.65. The summed E-state index contributed by atoms with van der Waals surface area (Å²) >= 11 is 0. The monoisotopic (exact) mass is 461 g/mol. The predicted octanol–water partition coefficient (Wildman–Crippen LogP) is 4.41. The van der Waals surface area contributed by atoms with Gasteiger partial charge in [-0.25, -0.2) is 9.78 Å². The van der Waals surface area contributed by atoms with E-state index in [2.05, 4.69) is 4.98 Å². The van der Waals surface area contributed by atoms with Gasteiger partial charge in [-0.2, -0.15) is 0 Å². The molecule has 1 unspecified atom stereocenters. The average molecular weight is 462 g/mol. The first-order chi connectivity index (χ1) is 16.1. The normalized spacial score (nSPS) is 19.6. The minimum atomic E-state index is -0.991. The van der Waals surface area contributed by atoms with Crippen LogP contribution in [0.25, 0.3) is 11.3 Å². The molecule has 34 heavy (non-hydrogen) atoms. The molecule has 7 nitrogen and oxygen atoms in total. The molecular formula is C27H31N3O4. The van der Waals surface area contributed by atoms with Crippen LogP contribution in [-0.2, 0) is 17.4 Å². The van der Waals surface area contributed by atoms with Gasteiger partial charge in [0.2, 0.25) is 0 Å². The minimum absolute atomic E-state index is 0.159. The number of aromatic nitrogens is 2. The summed E-state index contributed by atoms with van der Waals surface area (Å²) in [5.74, 6) is 0. The smallest absolute Gasteiger partial charge is 0.411 e. The van der Waals surface area contributed by atoms with Crippen LogP contribution < -0.4 is 5.56 Å². The second kappa shape index (κ2) is 9.06. The number of rotatable bonds is 6. The Morgan fingerprint density at radius 3 is 2.38 bits per heavy atom. The molecular weight excluding hydrogens is 430 g/mol. The SMILES string of the molecule is C[C@@H](c1ccc(-c2cn(C)c(=O)cn2)cc1)N1CCC(CC(C)(C)O)(c2ccccc2)OC1=O. The molecule has 0 aliphatic carbocycles. The molecule has 0 radical (unpaired) electrons. The predicted molar refractivity (Wildman–Crippen MR) is 130 cm³/mol. The zero-order valence-corrected chi connectivity index (χ0v) is 20.1. The van der Waals surface area contributed by atoms with Crippen molar-refractivity contribution in [3.63, 3.8) is 0 Å². The first-order valence-electron chi connectivity index (χ1n) is 11.5. The quantitative estimate of drug-likeness (QED) is 0.588. The van der Waals surface area contributed by atoms with Gasteiger partial charge < -0.3 is 19.3 Å². The number of hydrogen-bond acceptors (Lipinski definition) is 5. The molecule has 4 rings (SSSR count). The van der Waals surface area contributed by atoms with Gasteiger partial charge in [-0.3, -0.25) is 4.79 Å². The second-order valence-corrected chi connectivity index (χ2v) is 9.68. The van der Waals surface area contributed by atoms with Crippen LogP contribution in [0.4, 0.5) is 4.79 Å². The average Bonchev–Trinajstić information content (AvgIpc) is 2.80. The van der Waals surface area contributed by atoms with E-state index in [9.17, 15) is 14.7 Å². The summed E-state index contributed by atoms with van der Waals surface area (Å²) in [7, 11) is 1.69. The van der Waals surface area contributed by atoms with Crippen molar-refractivity contribution in [3.8, 4) is 11.3 Å². The number of nitrogens with zero attached hydrogens (tertiary/aromatic N) is 3. The topological polar surface area (TPSA) is 84.7 Å². The van der Waals surface area contributed by atoms with Crippen LogP contribution >= 0.6 is 0 Å². The number of hydrogen-bond donors (Lipinski definition) is 1. The Morgan fingerprint density at radius 1 is 1.12 bits per heavy atom. The number of carbonyl (C=O) groups is 1. The highest BCUT2D eigenvalue weighted by Gasteiger charge is 2.46. The molecule has 3 aromatic rings. The Labute approximate surface area is 199 Å². The first-order valence-corrected chi connectivity index (χ1v) is 11.5. The summed E-state index contributed by atoms with van der Waals surface area (Å²) in [6.07, 6.45) is 3.52. The minimum Gasteiger partial charge on any atom is -0.438 e. The van der Waals surface area contributed by atoms with E-state index < -0.39 is 17.3 Å². The molecule has 0 bridgehead atoms. The van der Waals surface area contributed by atoms with Gasteiger partial charge in [0, 0.05) is 38.2 Å². The molecule has 1 aliphatic heterocycles. The van der Waals surface area contributed by atoms with Crippen molar-refractivity contribution in [3.05, 3.63) is 88.5 Å². The number of benzene rings is 2. The lowest BCUT2D eigenvalue weighted by Gasteiger charge is -2.45. The van der Waals surface area contributed by atoms with E-state index in [0.29, 0.717) is 25.1 Å². The molecule has 1 fully saturated rings. The molecule has 178 valence electrons. The molecule has 1 aliphatic rings. The summed E-state index contributed by atoms with van der Waals surface area (Å²) in [6, 6.07) is 17.3. The maximum atomic E-state index is 13.2. The van der Waals surface area contributed by atoms with Crippen LogP contribution in [0.1, 0.15) is 50.8 Å². The zero-order chi connectivity index (χ0) is 24.5. The summed E-state index contributed by atoms with van der Waals surface area (Å²) in [5.41, 5.74) is 1.44. The van der Waals surface area contributed by atoms with Gasteiger partial charge in [0.15, 0.2) is 0 Å². The van der Waals surface area contributed by atoms with E-state index in [1.807, 2.05) is 61.5 Å². The standard InChI is InChI=1S/C27H31N3O4/c1-19(20-10-12-21(13-11-20)23-17-29(4)24(31)16-28-23)30-15-14-27(34-25(30)32,18-26(2,3)33)22-8-6-5-7-9-22/h5-13,16-17,19,33H,14-15,18H2,1-4H3/t19-,27?/m0/s1. The molecule has 1 saturated heterocycles. The highest BCUT2D eigenvalue weighted by Crippen LogP contribution is 2.42. The van der Waals surface area contributed by atoms with Crippen LogP contribution in [0.5, 0.6) is 0 Å². The Morgan fingerprint density at radius 2 is 1.79 bits per heavy atom. The lowest BCUT2D eigenvalue weighted by atomic mass is 9.80. The van der Waals surface area contributed by atoms with Crippen molar-refractivity contribution in [2.75, 3.05) is 6.54 Å². The number of cyclic esters (lactones) is 1. The molecule has 0 saturated carbocycles. The van der Waals surface area contributed by atoms with Gasteiger partial charge in [-0.15, -0.1) is 0 Å². The number of ether oxygens (including phenoxy) is 1. The van der Waals surface area contributed by atoms with Crippen molar-refractivity contribution in [2.24, 2.45) is 7.05 Å². The van der Waals surface area contributed by atoms with E-state index in [0.717, 1.165) is 16.7 Å². The Hall–Kier alpha value is -3.45. The summed E-state index contributed by atoms with van der Waals surface area (Å²) < 4.78 is 7.59. The van der Waals surface area contributed by atoms with E-state index >= 15 is 0 Å². The molecule has 2 aromatic carbocycles. The third-order valence-electron chi connectivity index (χ3n) is 6.43. The third kappa shape index (κ3) is 4.89. The van der Waals surface area contributed by atoms with Crippen LogP contribution in [0.2, 0.25) is 0 Å². The van der Waals surface area contributed by atoms with Gasteiger partial charge in [0.25, 0.3) is 5.56 Å².